The first-order valence-corrected chi connectivity index (χ1v) is 13.1. The van der Waals surface area contributed by atoms with E-state index in [9.17, 15) is 19.2 Å². The number of pyridine rings is 1. The van der Waals surface area contributed by atoms with Crippen LogP contribution in [0.1, 0.15) is 45.0 Å². The number of aromatic nitrogens is 3. The number of amides is 3. The van der Waals surface area contributed by atoms with Crippen molar-refractivity contribution < 1.29 is 19.1 Å². The standard InChI is InChI=1S/C29H38N6O5/c1-29(2,3)17-19-11-9-13-20-25(19)33-23(30-20)18-35-16-10-14-22(27(35)38)31-26(37)21(32-28(39)40-6)12-7-8-15-24(36)34(4)5/h8-11,13-16,21H,7,12,17-18H2,1-6H3,(H,30,33)(H,31,37)(H,32,39)/b15-8+/t21-/m0/s1. The predicted molar refractivity (Wildman–Crippen MR) is 154 cm³/mol. The Morgan fingerprint density at radius 2 is 1.93 bits per heavy atom. The molecule has 0 radical (unpaired) electrons. The summed E-state index contributed by atoms with van der Waals surface area (Å²) >= 11 is 0. The third kappa shape index (κ3) is 8.29. The molecule has 0 saturated heterocycles. The maximum Gasteiger partial charge on any atom is 0.407 e. The molecule has 2 heterocycles. The van der Waals surface area contributed by atoms with E-state index < -0.39 is 23.6 Å². The van der Waals surface area contributed by atoms with Crippen LogP contribution in [-0.4, -0.2) is 64.6 Å². The average Bonchev–Trinajstić information content (AvgIpc) is 3.30. The quantitative estimate of drug-likeness (QED) is 0.331. The van der Waals surface area contributed by atoms with Crippen molar-refractivity contribution in [3.05, 3.63) is 70.4 Å². The van der Waals surface area contributed by atoms with E-state index in [2.05, 4.69) is 47.2 Å². The number of imidazole rings is 1. The number of allylic oxidation sites excluding steroid dienone is 1. The van der Waals surface area contributed by atoms with Gasteiger partial charge in [0.1, 0.15) is 17.6 Å². The molecule has 11 nitrogen and oxygen atoms in total. The Balaban J connectivity index is 1.76. The molecule has 3 aromatic rings. The van der Waals surface area contributed by atoms with Gasteiger partial charge < -0.3 is 29.8 Å². The predicted octanol–water partition coefficient (Wildman–Crippen LogP) is 3.45. The summed E-state index contributed by atoms with van der Waals surface area (Å²) in [6.45, 7) is 6.70. The van der Waals surface area contributed by atoms with Crippen LogP contribution in [0.2, 0.25) is 0 Å². The molecule has 1 aromatic carbocycles. The molecule has 1 atom stereocenters. The molecular formula is C29H38N6O5. The van der Waals surface area contributed by atoms with Crippen molar-refractivity contribution in [1.29, 1.82) is 0 Å². The molecule has 3 N–H and O–H groups in total. The number of benzene rings is 1. The largest absolute Gasteiger partial charge is 0.453 e. The normalized spacial score (nSPS) is 12.3. The molecule has 214 valence electrons. The minimum atomic E-state index is -0.990. The van der Waals surface area contributed by atoms with E-state index in [0.29, 0.717) is 12.2 Å². The van der Waals surface area contributed by atoms with E-state index in [1.807, 2.05) is 12.1 Å². The lowest BCUT2D eigenvalue weighted by atomic mass is 9.88. The Morgan fingerprint density at radius 3 is 2.60 bits per heavy atom. The zero-order valence-corrected chi connectivity index (χ0v) is 23.9. The molecule has 0 spiro atoms. The van der Waals surface area contributed by atoms with Crippen molar-refractivity contribution in [2.24, 2.45) is 5.41 Å². The van der Waals surface area contributed by atoms with Crippen LogP contribution in [0.25, 0.3) is 11.0 Å². The van der Waals surface area contributed by atoms with Gasteiger partial charge in [0.15, 0.2) is 0 Å². The Morgan fingerprint density at radius 1 is 1.18 bits per heavy atom. The maximum absolute atomic E-state index is 13.2. The van der Waals surface area contributed by atoms with Crippen molar-refractivity contribution in [2.45, 2.75) is 52.6 Å². The third-order valence-corrected chi connectivity index (χ3v) is 6.08. The Hall–Kier alpha value is -4.41. The summed E-state index contributed by atoms with van der Waals surface area (Å²) in [6.07, 6.45) is 5.25. The molecule has 0 saturated carbocycles. The maximum atomic E-state index is 13.2. The van der Waals surface area contributed by atoms with Crippen molar-refractivity contribution in [3.63, 3.8) is 0 Å². The Labute approximate surface area is 233 Å². The van der Waals surface area contributed by atoms with Gasteiger partial charge in [0.25, 0.3) is 5.56 Å². The fourth-order valence-electron chi connectivity index (χ4n) is 4.14. The van der Waals surface area contributed by atoms with Crippen LogP contribution in [0, 0.1) is 5.41 Å². The van der Waals surface area contributed by atoms with Crippen molar-refractivity contribution in [3.8, 4) is 0 Å². The van der Waals surface area contributed by atoms with E-state index in [4.69, 9.17) is 4.98 Å². The van der Waals surface area contributed by atoms with Gasteiger partial charge in [-0.15, -0.1) is 0 Å². The smallest absolute Gasteiger partial charge is 0.407 e. The van der Waals surface area contributed by atoms with Gasteiger partial charge in [-0.25, -0.2) is 9.78 Å². The summed E-state index contributed by atoms with van der Waals surface area (Å²) in [4.78, 5) is 59.3. The number of hydrogen-bond acceptors (Lipinski definition) is 6. The number of ether oxygens (including phenoxy) is 1. The summed E-state index contributed by atoms with van der Waals surface area (Å²) in [7, 11) is 4.46. The molecule has 0 unspecified atom stereocenters. The summed E-state index contributed by atoms with van der Waals surface area (Å²) < 4.78 is 6.09. The number of anilines is 1. The number of fused-ring (bicyclic) bond motifs is 1. The minimum Gasteiger partial charge on any atom is -0.453 e. The average molecular weight is 551 g/mol. The van der Waals surface area contributed by atoms with Gasteiger partial charge in [-0.05, 0) is 54.5 Å². The highest BCUT2D eigenvalue weighted by Gasteiger charge is 2.22. The second-order valence-corrected chi connectivity index (χ2v) is 11.0. The number of alkyl carbamates (subject to hydrolysis) is 1. The van der Waals surface area contributed by atoms with Gasteiger partial charge in [-0.1, -0.05) is 39.0 Å². The van der Waals surface area contributed by atoms with Gasteiger partial charge >= 0.3 is 6.09 Å². The van der Waals surface area contributed by atoms with Crippen LogP contribution in [0.4, 0.5) is 10.5 Å². The minimum absolute atomic E-state index is 0.0621. The van der Waals surface area contributed by atoms with Crippen LogP contribution in [-0.2, 0) is 27.3 Å². The van der Waals surface area contributed by atoms with Crippen molar-refractivity contribution >= 4 is 34.6 Å². The number of para-hydroxylation sites is 1. The van der Waals surface area contributed by atoms with Crippen LogP contribution >= 0.6 is 0 Å². The fraction of sp³-hybridized carbons (Fsp3) is 0.414. The summed E-state index contributed by atoms with van der Waals surface area (Å²) in [6, 6.07) is 8.18. The van der Waals surface area contributed by atoms with E-state index in [1.165, 1.54) is 28.7 Å². The number of aromatic amines is 1. The number of rotatable bonds is 10. The second kappa shape index (κ2) is 13.1. The van der Waals surface area contributed by atoms with Gasteiger partial charge in [0.05, 0.1) is 24.7 Å². The first-order valence-electron chi connectivity index (χ1n) is 13.1. The first kappa shape index (κ1) is 30.1. The topological polar surface area (TPSA) is 138 Å². The number of likely N-dealkylation sites (N-methyl/N-ethyl adjacent to an activating group) is 1. The molecule has 0 aliphatic carbocycles. The molecule has 3 amide bonds. The molecule has 40 heavy (non-hydrogen) atoms. The first-order chi connectivity index (χ1) is 18.9. The van der Waals surface area contributed by atoms with Gasteiger partial charge in [0, 0.05) is 20.3 Å². The number of nitrogens with one attached hydrogen (secondary N) is 3. The molecule has 11 heteroatoms. The molecule has 0 aliphatic rings. The van der Waals surface area contributed by atoms with Crippen LogP contribution in [0.3, 0.4) is 0 Å². The Bertz CT molecular complexity index is 1450. The van der Waals surface area contributed by atoms with Crippen LogP contribution in [0.15, 0.2) is 53.5 Å². The SMILES string of the molecule is COC(=O)N[C@@H](CC/C=C/C(=O)N(C)C)C(=O)Nc1cccn(Cc2nc3c(CC(C)(C)C)cccc3[nH]2)c1=O. The molecule has 0 bridgehead atoms. The van der Waals surface area contributed by atoms with E-state index in [0.717, 1.165) is 23.0 Å². The second-order valence-electron chi connectivity index (χ2n) is 11.0. The summed E-state index contributed by atoms with van der Waals surface area (Å²) in [5, 5.41) is 5.10. The monoisotopic (exact) mass is 550 g/mol. The van der Waals surface area contributed by atoms with E-state index in [1.54, 1.807) is 32.4 Å². The lowest BCUT2D eigenvalue weighted by Gasteiger charge is -2.18. The molecule has 0 aliphatic heterocycles. The number of H-pyrrole nitrogens is 1. The van der Waals surface area contributed by atoms with Gasteiger partial charge in [0.2, 0.25) is 11.8 Å². The lowest BCUT2D eigenvalue weighted by molar-refractivity contribution is -0.123. The van der Waals surface area contributed by atoms with Crippen molar-refractivity contribution in [2.75, 3.05) is 26.5 Å². The lowest BCUT2D eigenvalue weighted by Crippen LogP contribution is -2.44. The molecule has 0 fully saturated rings. The number of carbonyl (C=O) groups excluding carboxylic acids is 3. The molecule has 3 rings (SSSR count). The highest BCUT2D eigenvalue weighted by molar-refractivity contribution is 5.96. The highest BCUT2D eigenvalue weighted by Crippen LogP contribution is 2.25. The van der Waals surface area contributed by atoms with Gasteiger partial charge in [-0.3, -0.25) is 14.4 Å². The third-order valence-electron chi connectivity index (χ3n) is 6.08. The van der Waals surface area contributed by atoms with Gasteiger partial charge in [-0.2, -0.15) is 0 Å². The summed E-state index contributed by atoms with van der Waals surface area (Å²) in [5.41, 5.74) is 2.64. The fourth-order valence-corrected chi connectivity index (χ4v) is 4.14. The number of hydrogen-bond donors (Lipinski definition) is 3. The number of nitrogens with zero attached hydrogens (tertiary/aromatic N) is 3. The van der Waals surface area contributed by atoms with Crippen LogP contribution < -0.4 is 16.2 Å². The van der Waals surface area contributed by atoms with E-state index >= 15 is 0 Å². The highest BCUT2D eigenvalue weighted by atomic mass is 16.5. The molecule has 2 aromatic heterocycles. The van der Waals surface area contributed by atoms with E-state index in [-0.39, 0.29) is 30.0 Å². The number of methoxy groups -OCH3 is 1. The zero-order chi connectivity index (χ0) is 29.4. The molecular weight excluding hydrogens is 512 g/mol. The van der Waals surface area contributed by atoms with Crippen LogP contribution in [0.5, 0.6) is 0 Å². The van der Waals surface area contributed by atoms with Crippen molar-refractivity contribution in [1.82, 2.24) is 24.8 Å². The Kier molecular flexibility index (Phi) is 9.87. The number of carbonyl (C=O) groups is 3. The summed E-state index contributed by atoms with van der Waals surface area (Å²) in [5.74, 6) is -0.156. The zero-order valence-electron chi connectivity index (χ0n) is 23.9.